The van der Waals surface area contributed by atoms with Gasteiger partial charge in [0.15, 0.2) is 0 Å². The van der Waals surface area contributed by atoms with Gasteiger partial charge in [-0.25, -0.2) is 9.78 Å². The van der Waals surface area contributed by atoms with Crippen LogP contribution in [0.15, 0.2) is 24.8 Å². The molecule has 5 nitrogen and oxygen atoms in total. The minimum absolute atomic E-state index is 0.170. The molecule has 0 saturated heterocycles. The van der Waals surface area contributed by atoms with Crippen molar-refractivity contribution >= 4 is 5.97 Å². The van der Waals surface area contributed by atoms with Gasteiger partial charge in [0.05, 0.1) is 12.0 Å². The van der Waals surface area contributed by atoms with E-state index in [1.54, 1.807) is 29.4 Å². The van der Waals surface area contributed by atoms with Crippen molar-refractivity contribution in [2.75, 3.05) is 0 Å². The molecule has 0 fully saturated rings. The van der Waals surface area contributed by atoms with Crippen molar-refractivity contribution < 1.29 is 9.90 Å². The number of aromatic amines is 1. The molecule has 2 rings (SSSR count). The summed E-state index contributed by atoms with van der Waals surface area (Å²) in [6.45, 7) is 0. The summed E-state index contributed by atoms with van der Waals surface area (Å²) in [6, 6.07) is 1.70. The van der Waals surface area contributed by atoms with Crippen LogP contribution in [0, 0.1) is 0 Å². The van der Waals surface area contributed by atoms with E-state index in [1.807, 2.05) is 7.05 Å². The number of aromatic nitrogens is 3. The molecule has 0 aliphatic carbocycles. The molecule has 0 bridgehead atoms. The predicted octanol–water partition coefficient (Wildman–Crippen LogP) is 1.11. The average molecular weight is 191 g/mol. The largest absolute Gasteiger partial charge is 0.477 e. The number of carbonyl (C=O) groups is 1. The highest BCUT2D eigenvalue weighted by Crippen LogP contribution is 2.20. The number of rotatable bonds is 2. The van der Waals surface area contributed by atoms with E-state index in [9.17, 15) is 4.79 Å². The van der Waals surface area contributed by atoms with Crippen LogP contribution in [0.5, 0.6) is 0 Å². The SMILES string of the molecule is Cn1cnc(-c2cc[nH]c2C(=O)O)c1. The zero-order valence-electron chi connectivity index (χ0n) is 7.56. The fourth-order valence-corrected chi connectivity index (χ4v) is 1.31. The second-order valence-corrected chi connectivity index (χ2v) is 3.00. The minimum atomic E-state index is -0.976. The number of hydrogen-bond acceptors (Lipinski definition) is 2. The number of hydrogen-bond donors (Lipinski definition) is 2. The Morgan fingerprint density at radius 3 is 3.00 bits per heavy atom. The van der Waals surface area contributed by atoms with Gasteiger partial charge in [0.1, 0.15) is 5.69 Å². The molecule has 2 aromatic heterocycles. The van der Waals surface area contributed by atoms with Crippen molar-refractivity contribution in [3.8, 4) is 11.3 Å². The van der Waals surface area contributed by atoms with Gasteiger partial charge in [-0.1, -0.05) is 0 Å². The molecular weight excluding hydrogens is 182 g/mol. The molecule has 72 valence electrons. The van der Waals surface area contributed by atoms with Crippen LogP contribution in [0.3, 0.4) is 0 Å². The third-order valence-corrected chi connectivity index (χ3v) is 1.94. The summed E-state index contributed by atoms with van der Waals surface area (Å²) < 4.78 is 1.77. The maximum atomic E-state index is 10.8. The second-order valence-electron chi connectivity index (χ2n) is 3.00. The van der Waals surface area contributed by atoms with Gasteiger partial charge in [0.2, 0.25) is 0 Å². The highest BCUT2D eigenvalue weighted by Gasteiger charge is 2.13. The molecule has 0 amide bonds. The maximum Gasteiger partial charge on any atom is 0.353 e. The van der Waals surface area contributed by atoms with E-state index in [-0.39, 0.29) is 5.69 Å². The van der Waals surface area contributed by atoms with Crippen LogP contribution in [0.25, 0.3) is 11.3 Å². The van der Waals surface area contributed by atoms with Crippen molar-refractivity contribution in [2.45, 2.75) is 0 Å². The number of carboxylic acids is 1. The number of nitrogens with zero attached hydrogens (tertiary/aromatic N) is 2. The van der Waals surface area contributed by atoms with Crippen molar-refractivity contribution in [1.82, 2.24) is 14.5 Å². The minimum Gasteiger partial charge on any atom is -0.477 e. The van der Waals surface area contributed by atoms with Gasteiger partial charge in [0.25, 0.3) is 0 Å². The van der Waals surface area contributed by atoms with Crippen LogP contribution in [0.4, 0.5) is 0 Å². The van der Waals surface area contributed by atoms with E-state index >= 15 is 0 Å². The van der Waals surface area contributed by atoms with Gasteiger partial charge < -0.3 is 14.7 Å². The molecule has 0 aromatic carbocycles. The number of imidazole rings is 1. The molecule has 0 radical (unpaired) electrons. The van der Waals surface area contributed by atoms with Crippen molar-refractivity contribution in [2.24, 2.45) is 7.05 Å². The standard InChI is InChI=1S/C9H9N3O2/c1-12-4-7(11-5-12)6-2-3-10-8(6)9(13)14/h2-5,10H,1H3,(H,13,14). The first-order valence-electron chi connectivity index (χ1n) is 4.07. The third kappa shape index (κ3) is 1.28. The van der Waals surface area contributed by atoms with Gasteiger partial charge in [-0.05, 0) is 6.07 Å². The molecule has 5 heteroatoms. The average Bonchev–Trinajstić information content (AvgIpc) is 2.70. The number of carboxylic acid groups (broad SMARTS) is 1. The van der Waals surface area contributed by atoms with Crippen molar-refractivity contribution in [1.29, 1.82) is 0 Å². The smallest absolute Gasteiger partial charge is 0.353 e. The summed E-state index contributed by atoms with van der Waals surface area (Å²) in [5.74, 6) is -0.976. The van der Waals surface area contributed by atoms with Gasteiger partial charge in [-0.2, -0.15) is 0 Å². The van der Waals surface area contributed by atoms with Crippen LogP contribution in [0.2, 0.25) is 0 Å². The zero-order valence-corrected chi connectivity index (χ0v) is 7.56. The fraction of sp³-hybridized carbons (Fsp3) is 0.111. The number of H-pyrrole nitrogens is 1. The molecule has 0 saturated carbocycles. The molecular formula is C9H9N3O2. The summed E-state index contributed by atoms with van der Waals surface area (Å²) in [7, 11) is 1.84. The van der Waals surface area contributed by atoms with Gasteiger partial charge >= 0.3 is 5.97 Å². The van der Waals surface area contributed by atoms with Crippen LogP contribution in [0.1, 0.15) is 10.5 Å². The highest BCUT2D eigenvalue weighted by atomic mass is 16.4. The Hall–Kier alpha value is -2.04. The van der Waals surface area contributed by atoms with Crippen LogP contribution >= 0.6 is 0 Å². The Morgan fingerprint density at radius 1 is 1.64 bits per heavy atom. The van der Waals surface area contributed by atoms with Crippen LogP contribution in [-0.4, -0.2) is 25.6 Å². The van der Waals surface area contributed by atoms with Crippen molar-refractivity contribution in [3.63, 3.8) is 0 Å². The van der Waals surface area contributed by atoms with Crippen LogP contribution < -0.4 is 0 Å². The summed E-state index contributed by atoms with van der Waals surface area (Å²) in [6.07, 6.45) is 5.00. The lowest BCUT2D eigenvalue weighted by Crippen LogP contribution is -1.98. The molecule has 0 spiro atoms. The normalized spacial score (nSPS) is 10.4. The first-order valence-corrected chi connectivity index (χ1v) is 4.07. The van der Waals surface area contributed by atoms with Crippen molar-refractivity contribution in [3.05, 3.63) is 30.5 Å². The number of nitrogens with one attached hydrogen (secondary N) is 1. The molecule has 0 aliphatic heterocycles. The summed E-state index contributed by atoms with van der Waals surface area (Å²) in [4.78, 5) is 17.5. The summed E-state index contributed by atoms with van der Waals surface area (Å²) in [5.41, 5.74) is 1.44. The molecule has 2 aromatic rings. The lowest BCUT2D eigenvalue weighted by Gasteiger charge is -1.94. The fourth-order valence-electron chi connectivity index (χ4n) is 1.31. The Labute approximate surface area is 80.0 Å². The Kier molecular flexibility index (Phi) is 1.85. The summed E-state index contributed by atoms with van der Waals surface area (Å²) in [5, 5.41) is 8.86. The van der Waals surface area contributed by atoms with E-state index in [1.165, 1.54) is 0 Å². The summed E-state index contributed by atoms with van der Waals surface area (Å²) >= 11 is 0. The van der Waals surface area contributed by atoms with Gasteiger partial charge in [0, 0.05) is 25.0 Å². The quantitative estimate of drug-likeness (QED) is 0.747. The third-order valence-electron chi connectivity index (χ3n) is 1.94. The van der Waals surface area contributed by atoms with Gasteiger partial charge in [-0.3, -0.25) is 0 Å². The molecule has 14 heavy (non-hydrogen) atoms. The zero-order chi connectivity index (χ0) is 10.1. The topological polar surface area (TPSA) is 70.9 Å². The number of aromatic carboxylic acids is 1. The first kappa shape index (κ1) is 8.55. The molecule has 0 aliphatic rings. The molecule has 0 unspecified atom stereocenters. The van der Waals surface area contributed by atoms with Crippen LogP contribution in [-0.2, 0) is 7.05 Å². The molecule has 2 N–H and O–H groups in total. The van der Waals surface area contributed by atoms with E-state index in [0.29, 0.717) is 11.3 Å². The van der Waals surface area contributed by atoms with Gasteiger partial charge in [-0.15, -0.1) is 0 Å². The monoisotopic (exact) mass is 191 g/mol. The Morgan fingerprint density at radius 2 is 2.43 bits per heavy atom. The lowest BCUT2D eigenvalue weighted by atomic mass is 10.2. The van der Waals surface area contributed by atoms with E-state index in [0.717, 1.165) is 0 Å². The predicted molar refractivity (Wildman–Crippen MR) is 50.0 cm³/mol. The number of aryl methyl sites for hydroxylation is 1. The Bertz CT molecular complexity index is 470. The van der Waals surface area contributed by atoms with E-state index in [4.69, 9.17) is 5.11 Å². The highest BCUT2D eigenvalue weighted by molar-refractivity contribution is 5.93. The molecule has 2 heterocycles. The van der Waals surface area contributed by atoms with E-state index in [2.05, 4.69) is 9.97 Å². The second kappa shape index (κ2) is 3.02. The lowest BCUT2D eigenvalue weighted by molar-refractivity contribution is 0.0692. The Balaban J connectivity index is 2.51. The van der Waals surface area contributed by atoms with E-state index < -0.39 is 5.97 Å². The maximum absolute atomic E-state index is 10.8. The molecule has 0 atom stereocenters. The first-order chi connectivity index (χ1) is 6.68.